The number of aryl methyl sites for hydroxylation is 2. The Kier molecular flexibility index (Phi) is 8.29. The predicted molar refractivity (Wildman–Crippen MR) is 185 cm³/mol. The molecule has 2 aliphatic heterocycles. The SMILES string of the molecule is CC(=O)N1c2ccc(-c3ccc(CNC(=O)c4sc5c(N6CCOCC6)nc(-c6cnc(N)nc6)nc5c4C)cc3)cc2CC[C@@H]1C. The van der Waals surface area contributed by atoms with Gasteiger partial charge in [-0.05, 0) is 66.6 Å². The monoisotopic (exact) mass is 648 g/mol. The van der Waals surface area contributed by atoms with Crippen LogP contribution in [0.15, 0.2) is 54.9 Å². The van der Waals surface area contributed by atoms with Gasteiger partial charge in [-0.1, -0.05) is 30.3 Å². The second-order valence-corrected chi connectivity index (χ2v) is 13.1. The summed E-state index contributed by atoms with van der Waals surface area (Å²) in [7, 11) is 0. The molecular weight excluding hydrogens is 613 g/mol. The van der Waals surface area contributed by atoms with Crippen molar-refractivity contribution in [2.45, 2.75) is 46.2 Å². The lowest BCUT2D eigenvalue weighted by Gasteiger charge is -2.34. The molecule has 2 aromatic carbocycles. The van der Waals surface area contributed by atoms with Crippen molar-refractivity contribution in [1.29, 1.82) is 0 Å². The van der Waals surface area contributed by atoms with Crippen LogP contribution in [-0.4, -0.2) is 64.1 Å². The van der Waals surface area contributed by atoms with Crippen molar-refractivity contribution in [3.05, 3.63) is 76.4 Å². The summed E-state index contributed by atoms with van der Waals surface area (Å²) in [4.78, 5) is 48.5. The van der Waals surface area contributed by atoms with Crippen molar-refractivity contribution in [2.24, 2.45) is 0 Å². The maximum Gasteiger partial charge on any atom is 0.261 e. The van der Waals surface area contributed by atoms with E-state index in [1.54, 1.807) is 19.3 Å². The predicted octanol–water partition coefficient (Wildman–Crippen LogP) is 5.16. The Hall–Kier alpha value is -4.94. The van der Waals surface area contributed by atoms with E-state index in [-0.39, 0.29) is 23.8 Å². The van der Waals surface area contributed by atoms with E-state index < -0.39 is 0 Å². The number of amides is 2. The average molecular weight is 649 g/mol. The van der Waals surface area contributed by atoms with Gasteiger partial charge in [0.25, 0.3) is 5.91 Å². The highest BCUT2D eigenvalue weighted by Gasteiger charge is 2.27. The molecule has 3 aromatic heterocycles. The van der Waals surface area contributed by atoms with Crippen LogP contribution in [0.3, 0.4) is 0 Å². The van der Waals surface area contributed by atoms with E-state index in [0.717, 1.165) is 56.8 Å². The molecule has 12 heteroatoms. The first kappa shape index (κ1) is 30.7. The van der Waals surface area contributed by atoms with E-state index in [1.165, 1.54) is 16.9 Å². The molecule has 0 radical (unpaired) electrons. The molecule has 5 aromatic rings. The van der Waals surface area contributed by atoms with Gasteiger partial charge in [0.05, 0.1) is 33.9 Å². The molecule has 0 spiro atoms. The standard InChI is InChI=1S/C35H36N8O3S/c1-20-4-7-26-16-25(10-11-28(26)43(20)22(3)44)24-8-5-23(6-9-24)17-37-34(45)30-21(2)29-31(47-30)33(42-12-14-46-15-13-42)41-32(40-29)27-18-38-35(36)39-19-27/h5-6,8-11,16,18-20H,4,7,12-15,17H2,1-3H3,(H,37,45)(H2,36,38,39)/t20-/m0/s1. The number of nitrogens with zero attached hydrogens (tertiary/aromatic N) is 6. The fourth-order valence-electron chi connectivity index (χ4n) is 6.35. The van der Waals surface area contributed by atoms with Gasteiger partial charge in [-0.25, -0.2) is 19.9 Å². The number of morpholine rings is 1. The molecule has 47 heavy (non-hydrogen) atoms. The number of carbonyl (C=O) groups is 2. The maximum atomic E-state index is 13.6. The minimum Gasteiger partial charge on any atom is -0.378 e. The third-order valence-corrected chi connectivity index (χ3v) is 10.2. The molecule has 5 heterocycles. The number of nitrogen functional groups attached to an aromatic ring is 1. The molecule has 7 rings (SSSR count). The highest BCUT2D eigenvalue weighted by atomic mass is 32.1. The Bertz CT molecular complexity index is 1970. The zero-order chi connectivity index (χ0) is 32.7. The summed E-state index contributed by atoms with van der Waals surface area (Å²) in [5.74, 6) is 1.36. The molecule has 0 unspecified atom stereocenters. The highest BCUT2D eigenvalue weighted by molar-refractivity contribution is 7.21. The van der Waals surface area contributed by atoms with Crippen LogP contribution in [0.25, 0.3) is 32.7 Å². The number of anilines is 3. The normalized spacial score (nSPS) is 16.3. The summed E-state index contributed by atoms with van der Waals surface area (Å²) < 4.78 is 6.45. The molecule has 1 atom stereocenters. The molecule has 2 aliphatic rings. The van der Waals surface area contributed by atoms with Gasteiger partial charge in [0.2, 0.25) is 11.9 Å². The molecule has 0 saturated carbocycles. The largest absolute Gasteiger partial charge is 0.378 e. The number of hydrogen-bond acceptors (Lipinski definition) is 10. The van der Waals surface area contributed by atoms with Gasteiger partial charge in [-0.2, -0.15) is 0 Å². The number of hydrogen-bond donors (Lipinski definition) is 2. The first-order valence-electron chi connectivity index (χ1n) is 15.8. The summed E-state index contributed by atoms with van der Waals surface area (Å²) in [6.07, 6.45) is 5.13. The first-order chi connectivity index (χ1) is 22.8. The Balaban J connectivity index is 1.11. The minimum atomic E-state index is -0.154. The van der Waals surface area contributed by atoms with Crippen molar-refractivity contribution in [1.82, 2.24) is 25.3 Å². The van der Waals surface area contributed by atoms with E-state index in [1.807, 2.05) is 24.0 Å². The number of ether oxygens (including phenoxy) is 1. The summed E-state index contributed by atoms with van der Waals surface area (Å²) in [5, 5.41) is 3.11. The Labute approximate surface area is 276 Å². The van der Waals surface area contributed by atoms with Crippen LogP contribution in [0.2, 0.25) is 0 Å². The van der Waals surface area contributed by atoms with Crippen molar-refractivity contribution in [3.63, 3.8) is 0 Å². The average Bonchev–Trinajstić information content (AvgIpc) is 3.43. The fraction of sp³-hybridized carbons (Fsp3) is 0.314. The Morgan fingerprint density at radius 2 is 1.74 bits per heavy atom. The van der Waals surface area contributed by atoms with E-state index in [9.17, 15) is 9.59 Å². The number of carbonyl (C=O) groups excluding carboxylic acids is 2. The third kappa shape index (κ3) is 6.01. The van der Waals surface area contributed by atoms with Gasteiger partial charge in [0.1, 0.15) is 0 Å². The molecule has 1 fully saturated rings. The lowest BCUT2D eigenvalue weighted by Crippen LogP contribution is -2.40. The van der Waals surface area contributed by atoms with Gasteiger partial charge >= 0.3 is 0 Å². The number of thiophene rings is 1. The first-order valence-corrected chi connectivity index (χ1v) is 16.6. The summed E-state index contributed by atoms with van der Waals surface area (Å²) >= 11 is 1.41. The maximum absolute atomic E-state index is 13.6. The second kappa shape index (κ2) is 12.7. The molecule has 0 aliphatic carbocycles. The Morgan fingerprint density at radius 3 is 2.47 bits per heavy atom. The van der Waals surface area contributed by atoms with E-state index >= 15 is 0 Å². The lowest BCUT2D eigenvalue weighted by molar-refractivity contribution is -0.117. The van der Waals surface area contributed by atoms with Gasteiger partial charge < -0.3 is 25.6 Å². The van der Waals surface area contributed by atoms with Gasteiger partial charge in [0.15, 0.2) is 11.6 Å². The highest BCUT2D eigenvalue weighted by Crippen LogP contribution is 2.38. The van der Waals surface area contributed by atoms with Crippen LogP contribution >= 0.6 is 11.3 Å². The smallest absolute Gasteiger partial charge is 0.261 e. The van der Waals surface area contributed by atoms with Gasteiger partial charge in [0, 0.05) is 50.7 Å². The van der Waals surface area contributed by atoms with Crippen LogP contribution in [0.4, 0.5) is 17.5 Å². The van der Waals surface area contributed by atoms with E-state index in [4.69, 9.17) is 20.4 Å². The molecule has 0 bridgehead atoms. The fourth-order valence-corrected chi connectivity index (χ4v) is 7.53. The molecular formula is C35H36N8O3S. The van der Waals surface area contributed by atoms with Crippen molar-refractivity contribution < 1.29 is 14.3 Å². The Morgan fingerprint density at radius 1 is 1.02 bits per heavy atom. The van der Waals surface area contributed by atoms with Gasteiger partial charge in [-0.3, -0.25) is 9.59 Å². The van der Waals surface area contributed by atoms with Crippen LogP contribution in [-0.2, 0) is 22.5 Å². The molecule has 240 valence electrons. The summed E-state index contributed by atoms with van der Waals surface area (Å²) in [6, 6.07) is 14.8. The number of benzene rings is 2. The third-order valence-electron chi connectivity index (χ3n) is 8.89. The second-order valence-electron chi connectivity index (χ2n) is 12.0. The van der Waals surface area contributed by atoms with E-state index in [0.29, 0.717) is 49.1 Å². The van der Waals surface area contributed by atoms with Crippen LogP contribution in [0.1, 0.15) is 46.6 Å². The molecule has 2 amide bonds. The van der Waals surface area contributed by atoms with Crippen molar-refractivity contribution in [3.8, 4) is 22.5 Å². The van der Waals surface area contributed by atoms with Crippen LogP contribution in [0, 0.1) is 6.92 Å². The van der Waals surface area contributed by atoms with Crippen molar-refractivity contribution >= 4 is 50.8 Å². The number of aromatic nitrogens is 4. The number of nitrogens with one attached hydrogen (secondary N) is 1. The number of nitrogens with two attached hydrogens (primary N) is 1. The molecule has 3 N–H and O–H groups in total. The van der Waals surface area contributed by atoms with E-state index in [2.05, 4.69) is 57.4 Å². The topological polar surface area (TPSA) is 139 Å². The van der Waals surface area contributed by atoms with Gasteiger partial charge in [-0.15, -0.1) is 11.3 Å². The summed E-state index contributed by atoms with van der Waals surface area (Å²) in [6.45, 7) is 8.64. The van der Waals surface area contributed by atoms with Crippen LogP contribution < -0.4 is 20.9 Å². The van der Waals surface area contributed by atoms with Crippen molar-refractivity contribution in [2.75, 3.05) is 41.8 Å². The zero-order valence-corrected chi connectivity index (χ0v) is 27.4. The molecule has 1 saturated heterocycles. The molecule has 11 nitrogen and oxygen atoms in total. The number of rotatable bonds is 6. The zero-order valence-electron chi connectivity index (χ0n) is 26.6. The minimum absolute atomic E-state index is 0.0759. The summed E-state index contributed by atoms with van der Waals surface area (Å²) in [5.41, 5.74) is 13.3. The van der Waals surface area contributed by atoms with Crippen LogP contribution in [0.5, 0.6) is 0 Å². The number of fused-ring (bicyclic) bond motifs is 2. The quantitative estimate of drug-likeness (QED) is 0.256. The lowest BCUT2D eigenvalue weighted by atomic mass is 9.93.